The first-order valence-corrected chi connectivity index (χ1v) is 5.11. The van der Waals surface area contributed by atoms with Gasteiger partial charge in [-0.25, -0.2) is 0 Å². The predicted molar refractivity (Wildman–Crippen MR) is 58.3 cm³/mol. The quantitative estimate of drug-likeness (QED) is 0.674. The van der Waals surface area contributed by atoms with Gasteiger partial charge in [-0.3, -0.25) is 0 Å². The highest BCUT2D eigenvalue weighted by Crippen LogP contribution is 2.13. The van der Waals surface area contributed by atoms with Crippen LogP contribution in [-0.2, 0) is 0 Å². The molecule has 0 spiro atoms. The molecule has 1 heterocycles. The standard InChI is InChI=1S/C12H15NO/c1-2-3-10-14-13-9-8-11-6-4-5-7-12(11)13/h4-9H,2-3,10H2,1H3. The predicted octanol–water partition coefficient (Wildman–Crippen LogP) is 2.87. The Bertz CT molecular complexity index is 405. The largest absolute Gasteiger partial charge is 0.414 e. The first kappa shape index (κ1) is 9.13. The molecule has 74 valence electrons. The van der Waals surface area contributed by atoms with Gasteiger partial charge in [0.1, 0.15) is 6.61 Å². The summed E-state index contributed by atoms with van der Waals surface area (Å²) in [4.78, 5) is 5.62. The molecule has 1 aromatic carbocycles. The molecule has 0 aliphatic rings. The molecule has 0 bridgehead atoms. The summed E-state index contributed by atoms with van der Waals surface area (Å²) in [5.41, 5.74) is 1.14. The second-order valence-corrected chi connectivity index (χ2v) is 3.39. The van der Waals surface area contributed by atoms with Gasteiger partial charge in [-0.15, -0.1) is 0 Å². The Labute approximate surface area is 84.1 Å². The van der Waals surface area contributed by atoms with Gasteiger partial charge in [0.05, 0.1) is 5.52 Å². The van der Waals surface area contributed by atoms with Gasteiger partial charge >= 0.3 is 0 Å². The van der Waals surface area contributed by atoms with Crippen molar-refractivity contribution in [2.75, 3.05) is 6.61 Å². The second kappa shape index (κ2) is 4.18. The number of nitrogens with zero attached hydrogens (tertiary/aromatic N) is 1. The molecule has 2 heteroatoms. The van der Waals surface area contributed by atoms with Gasteiger partial charge in [-0.1, -0.05) is 31.5 Å². The molecule has 0 saturated carbocycles. The smallest absolute Gasteiger partial charge is 0.115 e. The number of hydrogen-bond donors (Lipinski definition) is 0. The van der Waals surface area contributed by atoms with Crippen molar-refractivity contribution in [1.29, 1.82) is 0 Å². The second-order valence-electron chi connectivity index (χ2n) is 3.39. The lowest BCUT2D eigenvalue weighted by molar-refractivity contribution is 0.117. The topological polar surface area (TPSA) is 14.2 Å². The fourth-order valence-corrected chi connectivity index (χ4v) is 1.48. The van der Waals surface area contributed by atoms with Gasteiger partial charge in [-0.2, -0.15) is 4.73 Å². The molecule has 1 aromatic heterocycles. The molecule has 0 aliphatic heterocycles. The summed E-state index contributed by atoms with van der Waals surface area (Å²) < 4.78 is 1.85. The maximum Gasteiger partial charge on any atom is 0.115 e. The lowest BCUT2D eigenvalue weighted by Crippen LogP contribution is -2.10. The molecule has 14 heavy (non-hydrogen) atoms. The van der Waals surface area contributed by atoms with Crippen LogP contribution in [0, 0.1) is 0 Å². The van der Waals surface area contributed by atoms with E-state index in [0.717, 1.165) is 18.5 Å². The molecular formula is C12H15NO. The highest BCUT2D eigenvalue weighted by molar-refractivity contribution is 5.79. The summed E-state index contributed by atoms with van der Waals surface area (Å²) in [7, 11) is 0. The Morgan fingerprint density at radius 2 is 2.07 bits per heavy atom. The van der Waals surface area contributed by atoms with Crippen molar-refractivity contribution < 1.29 is 4.84 Å². The number of aromatic nitrogens is 1. The first-order chi connectivity index (χ1) is 6.92. The molecule has 2 aromatic rings. The maximum absolute atomic E-state index is 5.62. The van der Waals surface area contributed by atoms with Crippen LogP contribution in [0.5, 0.6) is 0 Å². The highest BCUT2D eigenvalue weighted by atomic mass is 16.7. The van der Waals surface area contributed by atoms with Gasteiger partial charge in [0, 0.05) is 11.6 Å². The van der Waals surface area contributed by atoms with Crippen molar-refractivity contribution in [2.45, 2.75) is 19.8 Å². The van der Waals surface area contributed by atoms with E-state index < -0.39 is 0 Å². The average molecular weight is 189 g/mol. The molecule has 2 rings (SSSR count). The van der Waals surface area contributed by atoms with E-state index in [0.29, 0.717) is 0 Å². The SMILES string of the molecule is CCCCOn1ccc2ccccc21. The van der Waals surface area contributed by atoms with E-state index in [1.165, 1.54) is 11.8 Å². The van der Waals surface area contributed by atoms with E-state index in [1.54, 1.807) is 0 Å². The number of benzene rings is 1. The van der Waals surface area contributed by atoms with E-state index in [4.69, 9.17) is 4.84 Å². The number of para-hydroxylation sites is 1. The van der Waals surface area contributed by atoms with E-state index in [1.807, 2.05) is 23.1 Å². The Hall–Kier alpha value is -1.44. The zero-order valence-corrected chi connectivity index (χ0v) is 8.44. The first-order valence-electron chi connectivity index (χ1n) is 5.11. The summed E-state index contributed by atoms with van der Waals surface area (Å²) in [6, 6.07) is 10.3. The minimum Gasteiger partial charge on any atom is -0.414 e. The Morgan fingerprint density at radius 1 is 1.21 bits per heavy atom. The van der Waals surface area contributed by atoms with Crippen LogP contribution in [0.15, 0.2) is 36.5 Å². The Kier molecular flexibility index (Phi) is 2.73. The van der Waals surface area contributed by atoms with E-state index in [-0.39, 0.29) is 0 Å². The fraction of sp³-hybridized carbons (Fsp3) is 0.333. The molecule has 0 radical (unpaired) electrons. The summed E-state index contributed by atoms with van der Waals surface area (Å²) in [6.07, 6.45) is 4.24. The summed E-state index contributed by atoms with van der Waals surface area (Å²) >= 11 is 0. The van der Waals surface area contributed by atoms with Crippen LogP contribution < -0.4 is 4.84 Å². The summed E-state index contributed by atoms with van der Waals surface area (Å²) in [5.74, 6) is 0. The van der Waals surface area contributed by atoms with Gasteiger partial charge in [-0.05, 0) is 18.6 Å². The number of rotatable bonds is 4. The summed E-state index contributed by atoms with van der Waals surface area (Å²) in [5, 5.41) is 1.23. The van der Waals surface area contributed by atoms with E-state index >= 15 is 0 Å². The molecule has 0 fully saturated rings. The number of unbranched alkanes of at least 4 members (excludes halogenated alkanes) is 1. The van der Waals surface area contributed by atoms with Crippen LogP contribution in [0.2, 0.25) is 0 Å². The van der Waals surface area contributed by atoms with E-state index in [9.17, 15) is 0 Å². The van der Waals surface area contributed by atoms with Crippen molar-refractivity contribution in [1.82, 2.24) is 4.73 Å². The molecule has 0 amide bonds. The maximum atomic E-state index is 5.62. The number of fused-ring (bicyclic) bond motifs is 1. The van der Waals surface area contributed by atoms with Gasteiger partial charge in [0.15, 0.2) is 0 Å². The third kappa shape index (κ3) is 1.74. The highest BCUT2D eigenvalue weighted by Gasteiger charge is 1.98. The third-order valence-corrected chi connectivity index (χ3v) is 2.29. The Morgan fingerprint density at radius 3 is 2.93 bits per heavy atom. The molecule has 0 N–H and O–H groups in total. The normalized spacial score (nSPS) is 10.6. The van der Waals surface area contributed by atoms with Gasteiger partial charge in [0.2, 0.25) is 0 Å². The lowest BCUT2D eigenvalue weighted by atomic mass is 10.3. The summed E-state index contributed by atoms with van der Waals surface area (Å²) in [6.45, 7) is 2.95. The lowest BCUT2D eigenvalue weighted by Gasteiger charge is -2.06. The van der Waals surface area contributed by atoms with Crippen LogP contribution in [0.1, 0.15) is 19.8 Å². The molecule has 0 saturated heterocycles. The van der Waals surface area contributed by atoms with Crippen molar-refractivity contribution in [3.8, 4) is 0 Å². The molecule has 0 atom stereocenters. The molecule has 0 aliphatic carbocycles. The van der Waals surface area contributed by atoms with Crippen LogP contribution >= 0.6 is 0 Å². The van der Waals surface area contributed by atoms with Crippen LogP contribution in [-0.4, -0.2) is 11.3 Å². The average Bonchev–Trinajstić information content (AvgIpc) is 2.63. The van der Waals surface area contributed by atoms with Crippen LogP contribution in [0.4, 0.5) is 0 Å². The van der Waals surface area contributed by atoms with Gasteiger partial charge < -0.3 is 4.84 Å². The van der Waals surface area contributed by atoms with Crippen molar-refractivity contribution in [3.63, 3.8) is 0 Å². The van der Waals surface area contributed by atoms with Crippen molar-refractivity contribution >= 4 is 10.9 Å². The van der Waals surface area contributed by atoms with Crippen molar-refractivity contribution in [2.24, 2.45) is 0 Å². The number of hydrogen-bond acceptors (Lipinski definition) is 1. The van der Waals surface area contributed by atoms with E-state index in [2.05, 4.69) is 25.1 Å². The zero-order valence-electron chi connectivity index (χ0n) is 8.44. The third-order valence-electron chi connectivity index (χ3n) is 2.29. The monoisotopic (exact) mass is 189 g/mol. The van der Waals surface area contributed by atoms with Gasteiger partial charge in [0.25, 0.3) is 0 Å². The van der Waals surface area contributed by atoms with Crippen molar-refractivity contribution in [3.05, 3.63) is 36.5 Å². The zero-order chi connectivity index (χ0) is 9.80. The molecular weight excluding hydrogens is 174 g/mol. The minimum absolute atomic E-state index is 0.787. The minimum atomic E-state index is 0.787. The molecule has 2 nitrogen and oxygen atoms in total. The van der Waals surface area contributed by atoms with Crippen LogP contribution in [0.3, 0.4) is 0 Å². The Balaban J connectivity index is 2.17. The van der Waals surface area contributed by atoms with Crippen LogP contribution in [0.25, 0.3) is 10.9 Å². The fourth-order valence-electron chi connectivity index (χ4n) is 1.48. The molecule has 0 unspecified atom stereocenters.